The Bertz CT molecular complexity index is 1330. The molecule has 3 aromatic rings. The molecule has 36 heavy (non-hydrogen) atoms. The fraction of sp³-hybridized carbons (Fsp3) is 0.300. The third-order valence-corrected chi connectivity index (χ3v) is 8.39. The highest BCUT2D eigenvalue weighted by molar-refractivity contribution is 7.98. The number of nitrogens with one attached hydrogen (secondary N) is 1. The van der Waals surface area contributed by atoms with Gasteiger partial charge >= 0.3 is 0 Å². The monoisotopic (exact) mass is 495 g/mol. The third kappa shape index (κ3) is 4.35. The molecule has 6 rings (SSSR count). The van der Waals surface area contributed by atoms with Crippen molar-refractivity contribution in [3.8, 4) is 0 Å². The smallest absolute Gasteiger partial charge is 0.168 e. The van der Waals surface area contributed by atoms with Crippen molar-refractivity contribution in [1.29, 1.82) is 0 Å². The minimum atomic E-state index is -0.348. The first-order valence-electron chi connectivity index (χ1n) is 12.7. The van der Waals surface area contributed by atoms with Gasteiger partial charge in [-0.2, -0.15) is 0 Å². The summed E-state index contributed by atoms with van der Waals surface area (Å²) in [6.07, 6.45) is 6.40. The van der Waals surface area contributed by atoms with E-state index in [-0.39, 0.29) is 17.5 Å². The first-order chi connectivity index (χ1) is 17.7. The zero-order valence-electron chi connectivity index (χ0n) is 20.2. The number of thioether (sulfide) groups is 1. The van der Waals surface area contributed by atoms with Gasteiger partial charge in [-0.05, 0) is 36.8 Å². The topological polar surface area (TPSA) is 64.0 Å². The van der Waals surface area contributed by atoms with Gasteiger partial charge < -0.3 is 9.88 Å². The SMILES string of the molecule is O=C1CCCC2=C1C(c1cnc(SCc3ccccc3)n1Cc1ccccc1)C1=C(CCCC1=O)N2. The number of carbonyl (C=O) groups excluding carboxylic acids is 2. The number of allylic oxidation sites excluding steroid dienone is 4. The van der Waals surface area contributed by atoms with E-state index >= 15 is 0 Å². The maximum Gasteiger partial charge on any atom is 0.168 e. The molecule has 0 fully saturated rings. The van der Waals surface area contributed by atoms with Gasteiger partial charge in [0.1, 0.15) is 0 Å². The molecule has 0 unspecified atom stereocenters. The molecule has 2 heterocycles. The molecule has 0 saturated heterocycles. The molecule has 0 atom stereocenters. The van der Waals surface area contributed by atoms with E-state index in [0.717, 1.165) is 64.8 Å². The maximum atomic E-state index is 13.3. The highest BCUT2D eigenvalue weighted by Gasteiger charge is 2.41. The molecule has 1 aliphatic heterocycles. The van der Waals surface area contributed by atoms with Crippen LogP contribution in [-0.2, 0) is 21.9 Å². The van der Waals surface area contributed by atoms with Crippen molar-refractivity contribution in [1.82, 2.24) is 14.9 Å². The fourth-order valence-electron chi connectivity index (χ4n) is 5.64. The summed E-state index contributed by atoms with van der Waals surface area (Å²) in [5.41, 5.74) is 6.93. The maximum absolute atomic E-state index is 13.3. The van der Waals surface area contributed by atoms with Gasteiger partial charge in [0, 0.05) is 47.7 Å². The molecular weight excluding hydrogens is 466 g/mol. The molecule has 0 saturated carbocycles. The van der Waals surface area contributed by atoms with Crippen molar-refractivity contribution in [2.75, 3.05) is 0 Å². The zero-order chi connectivity index (χ0) is 24.5. The van der Waals surface area contributed by atoms with Crippen LogP contribution in [0.15, 0.2) is 94.6 Å². The van der Waals surface area contributed by atoms with Crippen LogP contribution in [0, 0.1) is 0 Å². The van der Waals surface area contributed by atoms with Gasteiger partial charge in [-0.25, -0.2) is 4.98 Å². The summed E-state index contributed by atoms with van der Waals surface area (Å²) < 4.78 is 2.23. The van der Waals surface area contributed by atoms with E-state index in [2.05, 4.69) is 46.3 Å². The number of benzene rings is 2. The lowest BCUT2D eigenvalue weighted by Crippen LogP contribution is -2.37. The predicted octanol–water partition coefficient (Wildman–Crippen LogP) is 5.92. The Hall–Kier alpha value is -3.38. The number of Topliss-reactive ketones (excluding diaryl/α,β-unsaturated/α-hetero) is 2. The first kappa shape index (κ1) is 23.0. The van der Waals surface area contributed by atoms with Gasteiger partial charge in [0.05, 0.1) is 17.8 Å². The van der Waals surface area contributed by atoms with Crippen LogP contribution in [0.5, 0.6) is 0 Å². The average molecular weight is 496 g/mol. The zero-order valence-corrected chi connectivity index (χ0v) is 21.0. The molecule has 0 bridgehead atoms. The van der Waals surface area contributed by atoms with Crippen LogP contribution in [0.2, 0.25) is 0 Å². The summed E-state index contributed by atoms with van der Waals surface area (Å²) >= 11 is 1.70. The summed E-state index contributed by atoms with van der Waals surface area (Å²) in [4.78, 5) is 31.5. The predicted molar refractivity (Wildman–Crippen MR) is 141 cm³/mol. The normalized spacial score (nSPS) is 18.2. The van der Waals surface area contributed by atoms with Gasteiger partial charge in [0.25, 0.3) is 0 Å². The number of imidazole rings is 1. The molecule has 3 aliphatic rings. The summed E-state index contributed by atoms with van der Waals surface area (Å²) in [7, 11) is 0. The van der Waals surface area contributed by atoms with Crippen molar-refractivity contribution in [2.45, 2.75) is 61.9 Å². The van der Waals surface area contributed by atoms with E-state index in [1.54, 1.807) is 11.8 Å². The molecule has 1 N–H and O–H groups in total. The van der Waals surface area contributed by atoms with Gasteiger partial charge in [-0.15, -0.1) is 0 Å². The molecule has 5 nitrogen and oxygen atoms in total. The van der Waals surface area contributed by atoms with E-state index in [9.17, 15) is 9.59 Å². The van der Waals surface area contributed by atoms with Crippen LogP contribution in [0.1, 0.15) is 61.3 Å². The van der Waals surface area contributed by atoms with Crippen LogP contribution in [-0.4, -0.2) is 21.1 Å². The largest absolute Gasteiger partial charge is 0.362 e. The Labute approximate surface area is 215 Å². The van der Waals surface area contributed by atoms with Crippen molar-refractivity contribution in [3.63, 3.8) is 0 Å². The van der Waals surface area contributed by atoms with E-state index in [4.69, 9.17) is 4.98 Å². The second-order valence-electron chi connectivity index (χ2n) is 9.71. The molecule has 1 aromatic heterocycles. The van der Waals surface area contributed by atoms with Gasteiger partial charge in [-0.3, -0.25) is 9.59 Å². The van der Waals surface area contributed by atoms with Crippen molar-refractivity contribution in [2.24, 2.45) is 0 Å². The van der Waals surface area contributed by atoms with Gasteiger partial charge in [0.15, 0.2) is 16.7 Å². The average Bonchev–Trinajstić information content (AvgIpc) is 3.29. The number of carbonyl (C=O) groups is 2. The number of aromatic nitrogens is 2. The molecule has 2 aliphatic carbocycles. The Morgan fingerprint density at radius 2 is 1.39 bits per heavy atom. The first-order valence-corrected chi connectivity index (χ1v) is 13.7. The molecule has 0 radical (unpaired) electrons. The summed E-state index contributed by atoms with van der Waals surface area (Å²) in [5, 5.41) is 4.43. The molecule has 6 heteroatoms. The number of hydrogen-bond acceptors (Lipinski definition) is 5. The van der Waals surface area contributed by atoms with Gasteiger partial charge in [0.2, 0.25) is 0 Å². The second kappa shape index (κ2) is 9.94. The Balaban J connectivity index is 1.46. The van der Waals surface area contributed by atoms with E-state index in [0.29, 0.717) is 19.4 Å². The van der Waals surface area contributed by atoms with Crippen LogP contribution in [0.4, 0.5) is 0 Å². The van der Waals surface area contributed by atoms with Crippen molar-refractivity contribution in [3.05, 3.63) is 106 Å². The van der Waals surface area contributed by atoms with E-state index in [1.807, 2.05) is 30.5 Å². The van der Waals surface area contributed by atoms with Crippen LogP contribution >= 0.6 is 11.8 Å². The number of hydrogen-bond donors (Lipinski definition) is 1. The molecule has 0 amide bonds. The second-order valence-corrected chi connectivity index (χ2v) is 10.7. The Morgan fingerprint density at radius 1 is 0.806 bits per heavy atom. The summed E-state index contributed by atoms with van der Waals surface area (Å²) in [5.74, 6) is 0.770. The van der Waals surface area contributed by atoms with Crippen LogP contribution in [0.3, 0.4) is 0 Å². The Kier molecular flexibility index (Phi) is 6.36. The quantitative estimate of drug-likeness (QED) is 0.430. The minimum absolute atomic E-state index is 0.157. The summed E-state index contributed by atoms with van der Waals surface area (Å²) in [6, 6.07) is 20.7. The lowest BCUT2D eigenvalue weighted by Gasteiger charge is -2.37. The number of rotatable bonds is 6. The Morgan fingerprint density at radius 3 is 2.00 bits per heavy atom. The molecule has 0 spiro atoms. The van der Waals surface area contributed by atoms with Crippen molar-refractivity contribution >= 4 is 23.3 Å². The highest BCUT2D eigenvalue weighted by Crippen LogP contribution is 2.46. The molecule has 2 aromatic carbocycles. The van der Waals surface area contributed by atoms with Crippen LogP contribution < -0.4 is 5.32 Å². The third-order valence-electron chi connectivity index (χ3n) is 7.33. The van der Waals surface area contributed by atoms with Crippen LogP contribution in [0.25, 0.3) is 0 Å². The number of dihydropyridines is 1. The molecular formula is C30H29N3O2S. The number of nitrogens with zero attached hydrogens (tertiary/aromatic N) is 2. The lowest BCUT2D eigenvalue weighted by molar-refractivity contribution is -0.117. The van der Waals surface area contributed by atoms with Gasteiger partial charge in [-0.1, -0.05) is 72.4 Å². The van der Waals surface area contributed by atoms with E-state index in [1.165, 1.54) is 11.1 Å². The van der Waals surface area contributed by atoms with E-state index < -0.39 is 0 Å². The highest BCUT2D eigenvalue weighted by atomic mass is 32.2. The summed E-state index contributed by atoms with van der Waals surface area (Å²) in [6.45, 7) is 0.644. The lowest BCUT2D eigenvalue weighted by atomic mass is 9.73. The minimum Gasteiger partial charge on any atom is -0.362 e. The standard InChI is InChI=1S/C30H29N3O2S/c34-25-15-7-13-22-27(25)29(28-23(32-22)14-8-16-26(28)35)24-17-31-30(36-19-21-11-5-2-6-12-21)33(24)18-20-9-3-1-4-10-20/h1-6,9-12,17,29,32H,7-8,13-16,18-19H2. The van der Waals surface area contributed by atoms with Crippen molar-refractivity contribution < 1.29 is 9.59 Å². The molecule has 182 valence electrons. The number of ketones is 2. The fourth-order valence-corrected chi connectivity index (χ4v) is 6.58.